The number of allylic oxidation sites excluding steroid dienone is 26. The maximum atomic E-state index is 12.8. The molecule has 396 valence electrons. The first-order valence-corrected chi connectivity index (χ1v) is 28.0. The Bertz CT molecular complexity index is 1640. The molecular weight excluding hydrogens is 877 g/mol. The van der Waals surface area contributed by atoms with Gasteiger partial charge >= 0.3 is 17.9 Å². The number of ether oxygens (including phenoxy) is 3. The van der Waals surface area contributed by atoms with Gasteiger partial charge in [0.1, 0.15) is 13.2 Å². The third kappa shape index (κ3) is 55.8. The third-order valence-electron chi connectivity index (χ3n) is 11.0. The molecule has 0 saturated heterocycles. The standard InChI is InChI=1S/C65H100O6/c1-4-7-10-13-16-19-22-25-28-30-32-34-37-40-43-46-49-52-55-58-64(67)70-61-62(60-69-63(66)57-54-51-48-45-42-39-36-27-24-21-18-15-12-9-6-3)71-65(68)59-56-53-50-47-44-41-38-35-33-31-29-26-23-20-17-14-11-8-5-2/h7,10,16-21,25-29,32-36,40-41,43-44,49-50,52-53,62H,4-6,8-9,11-15,22-24,30-31,37-39,42,45-48,51,54-61H2,1-3H3/b10-7-,19-16-,20-17-,21-18-,28-25-,29-26-,34-32-,35-33-,36-27-,43-40-,44-41-,52-49-,53-50-/t62-/m0/s1. The van der Waals surface area contributed by atoms with Crippen LogP contribution in [0.15, 0.2) is 158 Å². The summed E-state index contributed by atoms with van der Waals surface area (Å²) in [5, 5.41) is 0. The first-order chi connectivity index (χ1) is 35.0. The zero-order valence-corrected chi connectivity index (χ0v) is 45.2. The van der Waals surface area contributed by atoms with Crippen molar-refractivity contribution in [3.63, 3.8) is 0 Å². The fourth-order valence-electron chi connectivity index (χ4n) is 6.83. The van der Waals surface area contributed by atoms with E-state index in [0.717, 1.165) is 109 Å². The van der Waals surface area contributed by atoms with Crippen LogP contribution in [0.4, 0.5) is 0 Å². The average Bonchev–Trinajstić information content (AvgIpc) is 3.37. The molecule has 0 amide bonds. The maximum absolute atomic E-state index is 12.8. The smallest absolute Gasteiger partial charge is 0.306 e. The van der Waals surface area contributed by atoms with Crippen LogP contribution in [0.3, 0.4) is 0 Å². The summed E-state index contributed by atoms with van der Waals surface area (Å²) in [5.74, 6) is -1.14. The molecule has 0 N–H and O–H groups in total. The predicted molar refractivity (Wildman–Crippen MR) is 306 cm³/mol. The molecule has 0 unspecified atom stereocenters. The fourth-order valence-corrected chi connectivity index (χ4v) is 6.83. The molecule has 0 aliphatic rings. The molecule has 0 aromatic heterocycles. The van der Waals surface area contributed by atoms with Gasteiger partial charge in [0, 0.05) is 19.3 Å². The van der Waals surface area contributed by atoms with E-state index in [1.165, 1.54) is 51.4 Å². The van der Waals surface area contributed by atoms with Crippen LogP contribution in [-0.2, 0) is 28.6 Å². The van der Waals surface area contributed by atoms with Crippen LogP contribution in [0, 0.1) is 0 Å². The molecule has 6 heteroatoms. The zero-order valence-electron chi connectivity index (χ0n) is 45.2. The second-order valence-corrected chi connectivity index (χ2v) is 17.7. The second kappa shape index (κ2) is 57.6. The third-order valence-corrected chi connectivity index (χ3v) is 11.0. The number of unbranched alkanes of at least 4 members (excludes halogenated alkanes) is 11. The largest absolute Gasteiger partial charge is 0.462 e. The van der Waals surface area contributed by atoms with Gasteiger partial charge in [0.2, 0.25) is 0 Å². The van der Waals surface area contributed by atoms with Crippen molar-refractivity contribution in [3.8, 4) is 0 Å². The van der Waals surface area contributed by atoms with Crippen molar-refractivity contribution in [2.24, 2.45) is 0 Å². The highest BCUT2D eigenvalue weighted by atomic mass is 16.6. The normalized spacial score (nSPS) is 13.3. The Morgan fingerprint density at radius 3 is 0.944 bits per heavy atom. The lowest BCUT2D eigenvalue weighted by Gasteiger charge is -2.18. The summed E-state index contributed by atoms with van der Waals surface area (Å²) in [6.07, 6.45) is 83.9. The van der Waals surface area contributed by atoms with E-state index in [0.29, 0.717) is 19.3 Å². The Hall–Kier alpha value is -4.97. The molecule has 0 bridgehead atoms. The monoisotopic (exact) mass is 977 g/mol. The summed E-state index contributed by atoms with van der Waals surface area (Å²) >= 11 is 0. The van der Waals surface area contributed by atoms with Gasteiger partial charge in [-0.25, -0.2) is 0 Å². The molecule has 0 radical (unpaired) electrons. The zero-order chi connectivity index (χ0) is 51.4. The first kappa shape index (κ1) is 66.0. The Morgan fingerprint density at radius 2 is 0.577 bits per heavy atom. The van der Waals surface area contributed by atoms with Gasteiger partial charge in [0.25, 0.3) is 0 Å². The molecule has 1 atom stereocenters. The molecule has 0 aromatic rings. The van der Waals surface area contributed by atoms with E-state index in [9.17, 15) is 14.4 Å². The van der Waals surface area contributed by atoms with Gasteiger partial charge in [-0.3, -0.25) is 14.4 Å². The summed E-state index contributed by atoms with van der Waals surface area (Å²) < 4.78 is 16.7. The van der Waals surface area contributed by atoms with Crippen LogP contribution in [-0.4, -0.2) is 37.2 Å². The topological polar surface area (TPSA) is 78.9 Å². The van der Waals surface area contributed by atoms with Gasteiger partial charge in [-0.05, 0) is 128 Å². The SMILES string of the molecule is CC/C=C\C/C=C\C/C=C\C/C=C\C/C=C\C/C=C\CCC(=O)OC[C@H](COC(=O)CCCCCCC/C=C\C/C=C\CCCCC)OC(=O)CC/C=C\C/C=C\C/C=C\C/C=C\C/C=C\CCCCC. The van der Waals surface area contributed by atoms with E-state index < -0.39 is 12.1 Å². The quantitative estimate of drug-likeness (QED) is 0.0262. The van der Waals surface area contributed by atoms with Crippen molar-refractivity contribution in [3.05, 3.63) is 158 Å². The minimum Gasteiger partial charge on any atom is -0.462 e. The summed E-state index contributed by atoms with van der Waals surface area (Å²) in [6, 6.07) is 0. The number of carbonyl (C=O) groups is 3. The molecule has 0 aliphatic carbocycles. The van der Waals surface area contributed by atoms with E-state index in [1.807, 2.05) is 24.3 Å². The van der Waals surface area contributed by atoms with Crippen molar-refractivity contribution in [1.82, 2.24) is 0 Å². The summed E-state index contributed by atoms with van der Waals surface area (Å²) in [7, 11) is 0. The van der Waals surface area contributed by atoms with Gasteiger partial charge in [0.05, 0.1) is 0 Å². The minimum atomic E-state index is -0.863. The molecule has 0 saturated carbocycles. The number of rotatable bonds is 48. The number of carbonyl (C=O) groups excluding carboxylic acids is 3. The van der Waals surface area contributed by atoms with Crippen LogP contribution in [0.2, 0.25) is 0 Å². The van der Waals surface area contributed by atoms with E-state index in [1.54, 1.807) is 0 Å². The van der Waals surface area contributed by atoms with Crippen molar-refractivity contribution in [2.45, 2.75) is 219 Å². The molecule has 0 rings (SSSR count). The number of hydrogen-bond acceptors (Lipinski definition) is 6. The summed E-state index contributed by atoms with van der Waals surface area (Å²) in [5.41, 5.74) is 0. The lowest BCUT2D eigenvalue weighted by Crippen LogP contribution is -2.30. The van der Waals surface area contributed by atoms with Gasteiger partial charge < -0.3 is 14.2 Å². The van der Waals surface area contributed by atoms with Gasteiger partial charge in [-0.1, -0.05) is 224 Å². The van der Waals surface area contributed by atoms with Crippen molar-refractivity contribution >= 4 is 17.9 Å². The highest BCUT2D eigenvalue weighted by Crippen LogP contribution is 2.11. The van der Waals surface area contributed by atoms with Gasteiger partial charge in [-0.15, -0.1) is 0 Å². The molecule has 0 fully saturated rings. The fraction of sp³-hybridized carbons (Fsp3) is 0.554. The second-order valence-electron chi connectivity index (χ2n) is 17.7. The first-order valence-electron chi connectivity index (χ1n) is 28.0. The summed E-state index contributed by atoms with van der Waals surface area (Å²) in [4.78, 5) is 38.1. The predicted octanol–water partition coefficient (Wildman–Crippen LogP) is 19.0. The van der Waals surface area contributed by atoms with Crippen LogP contribution < -0.4 is 0 Å². The Morgan fingerprint density at radius 1 is 0.296 bits per heavy atom. The molecule has 0 spiro atoms. The van der Waals surface area contributed by atoms with Crippen molar-refractivity contribution in [2.75, 3.05) is 13.2 Å². The Kier molecular flexibility index (Phi) is 53.6. The van der Waals surface area contributed by atoms with Crippen LogP contribution in [0.5, 0.6) is 0 Å². The number of esters is 3. The van der Waals surface area contributed by atoms with Gasteiger partial charge in [-0.2, -0.15) is 0 Å². The van der Waals surface area contributed by atoms with Crippen molar-refractivity contribution in [1.29, 1.82) is 0 Å². The lowest BCUT2D eigenvalue weighted by atomic mass is 10.1. The molecule has 0 aliphatic heterocycles. The molecular formula is C65H100O6. The molecule has 0 aromatic carbocycles. The highest BCUT2D eigenvalue weighted by molar-refractivity contribution is 5.71. The van der Waals surface area contributed by atoms with E-state index in [4.69, 9.17) is 14.2 Å². The lowest BCUT2D eigenvalue weighted by molar-refractivity contribution is -0.166. The maximum Gasteiger partial charge on any atom is 0.306 e. The minimum absolute atomic E-state index is 0.146. The highest BCUT2D eigenvalue weighted by Gasteiger charge is 2.19. The molecule has 0 heterocycles. The average molecular weight is 978 g/mol. The van der Waals surface area contributed by atoms with Crippen LogP contribution >= 0.6 is 0 Å². The molecule has 71 heavy (non-hydrogen) atoms. The van der Waals surface area contributed by atoms with Crippen molar-refractivity contribution < 1.29 is 28.6 Å². The molecule has 6 nitrogen and oxygen atoms in total. The van der Waals surface area contributed by atoms with Gasteiger partial charge in [0.15, 0.2) is 6.10 Å². The van der Waals surface area contributed by atoms with E-state index in [-0.39, 0.29) is 38.0 Å². The Balaban J connectivity index is 4.67. The summed E-state index contributed by atoms with van der Waals surface area (Å²) in [6.45, 7) is 6.31. The van der Waals surface area contributed by atoms with Crippen LogP contribution in [0.25, 0.3) is 0 Å². The van der Waals surface area contributed by atoms with E-state index >= 15 is 0 Å². The van der Waals surface area contributed by atoms with Crippen LogP contribution in [0.1, 0.15) is 213 Å². The van der Waals surface area contributed by atoms with E-state index in [2.05, 4.69) is 154 Å². The Labute approximate surface area is 435 Å². The number of hydrogen-bond donors (Lipinski definition) is 0.